The van der Waals surface area contributed by atoms with E-state index < -0.39 is 0 Å². The quantitative estimate of drug-likeness (QED) is 0.190. The minimum Gasteiger partial charge on any atom is -0.248 e. The Balaban J connectivity index is 1.29. The minimum absolute atomic E-state index is 0.121. The highest BCUT2D eigenvalue weighted by Crippen LogP contribution is 2.53. The third kappa shape index (κ3) is 4.92. The second kappa shape index (κ2) is 11.5. The molecule has 6 aromatic carbocycles. The highest BCUT2D eigenvalue weighted by molar-refractivity contribution is 6.09. The summed E-state index contributed by atoms with van der Waals surface area (Å²) in [6.07, 6.45) is 0. The molecule has 4 heteroatoms. The molecule has 0 saturated carbocycles. The number of pyridine rings is 1. The van der Waals surface area contributed by atoms with E-state index in [1.54, 1.807) is 0 Å². The van der Waals surface area contributed by atoms with Crippen LogP contribution in [0.3, 0.4) is 0 Å². The van der Waals surface area contributed by atoms with Crippen molar-refractivity contribution in [1.29, 1.82) is 0 Å². The molecule has 232 valence electrons. The van der Waals surface area contributed by atoms with E-state index in [1.165, 1.54) is 22.3 Å². The van der Waals surface area contributed by atoms with Crippen molar-refractivity contribution in [3.8, 4) is 67.7 Å². The fraction of sp³-hybridized carbons (Fsp3) is 0.0667. The van der Waals surface area contributed by atoms with Gasteiger partial charge in [0.05, 0.1) is 11.2 Å². The average Bonchev–Trinajstić information content (AvgIpc) is 3.41. The maximum atomic E-state index is 5.27. The molecule has 0 amide bonds. The lowest BCUT2D eigenvalue weighted by Gasteiger charge is -2.22. The van der Waals surface area contributed by atoms with Crippen LogP contribution in [0.25, 0.3) is 78.6 Å². The lowest BCUT2D eigenvalue weighted by Crippen LogP contribution is -2.14. The lowest BCUT2D eigenvalue weighted by atomic mass is 9.82. The van der Waals surface area contributed by atoms with Crippen LogP contribution >= 0.6 is 0 Å². The SMILES string of the molecule is CC1(C)c2ccccc2-c2c1ccc1nc(-c3ccccc3)cc(-c3cccc(-c4nc(-c5ccccc5)nc(-c5ccccc5)n4)c3)c21. The van der Waals surface area contributed by atoms with Crippen LogP contribution in [0.2, 0.25) is 0 Å². The second-order valence-electron chi connectivity index (χ2n) is 13.1. The molecule has 0 aliphatic heterocycles. The predicted molar refractivity (Wildman–Crippen MR) is 200 cm³/mol. The summed E-state index contributed by atoms with van der Waals surface area (Å²) >= 11 is 0. The molecule has 0 atom stereocenters. The maximum absolute atomic E-state index is 5.27. The van der Waals surface area contributed by atoms with Crippen LogP contribution in [-0.2, 0) is 5.41 Å². The Morgan fingerprint density at radius 3 is 1.57 bits per heavy atom. The Morgan fingerprint density at radius 1 is 0.388 bits per heavy atom. The fourth-order valence-electron chi connectivity index (χ4n) is 7.27. The summed E-state index contributed by atoms with van der Waals surface area (Å²) in [5, 5.41) is 1.16. The van der Waals surface area contributed by atoms with E-state index in [0.717, 1.165) is 50.0 Å². The largest absolute Gasteiger partial charge is 0.248 e. The van der Waals surface area contributed by atoms with Crippen LogP contribution in [0.1, 0.15) is 25.0 Å². The van der Waals surface area contributed by atoms with Gasteiger partial charge >= 0.3 is 0 Å². The van der Waals surface area contributed by atoms with Crippen LogP contribution in [0, 0.1) is 0 Å². The molecule has 49 heavy (non-hydrogen) atoms. The number of hydrogen-bond donors (Lipinski definition) is 0. The topological polar surface area (TPSA) is 51.6 Å². The highest BCUT2D eigenvalue weighted by atomic mass is 15.0. The first kappa shape index (κ1) is 28.9. The van der Waals surface area contributed by atoms with E-state index >= 15 is 0 Å². The monoisotopic (exact) mass is 628 g/mol. The number of aromatic nitrogens is 4. The van der Waals surface area contributed by atoms with Crippen LogP contribution in [-0.4, -0.2) is 19.9 Å². The van der Waals surface area contributed by atoms with Gasteiger partial charge in [-0.05, 0) is 51.6 Å². The number of rotatable bonds is 5. The molecule has 0 fully saturated rings. The highest BCUT2D eigenvalue weighted by Gasteiger charge is 2.37. The Kier molecular flexibility index (Phi) is 6.77. The van der Waals surface area contributed by atoms with Gasteiger partial charge in [-0.2, -0.15) is 0 Å². The third-order valence-corrected chi connectivity index (χ3v) is 9.72. The second-order valence-corrected chi connectivity index (χ2v) is 13.1. The summed E-state index contributed by atoms with van der Waals surface area (Å²) in [5.74, 6) is 1.92. The summed E-state index contributed by atoms with van der Waals surface area (Å²) < 4.78 is 0. The van der Waals surface area contributed by atoms with Crippen molar-refractivity contribution in [1.82, 2.24) is 19.9 Å². The Hall–Kier alpha value is -6.26. The molecule has 0 radical (unpaired) electrons. The first-order valence-corrected chi connectivity index (χ1v) is 16.7. The number of fused-ring (bicyclic) bond motifs is 5. The van der Waals surface area contributed by atoms with E-state index in [9.17, 15) is 0 Å². The number of benzene rings is 6. The minimum atomic E-state index is -0.121. The molecule has 0 bridgehead atoms. The molecule has 1 aliphatic carbocycles. The van der Waals surface area contributed by atoms with E-state index in [1.807, 2.05) is 66.7 Å². The predicted octanol–water partition coefficient (Wildman–Crippen LogP) is 11.1. The van der Waals surface area contributed by atoms with Gasteiger partial charge in [-0.25, -0.2) is 19.9 Å². The molecule has 0 saturated heterocycles. The molecular formula is C45H32N4. The molecule has 8 aromatic rings. The van der Waals surface area contributed by atoms with Crippen molar-refractivity contribution in [2.24, 2.45) is 0 Å². The molecule has 0 unspecified atom stereocenters. The van der Waals surface area contributed by atoms with E-state index in [4.69, 9.17) is 19.9 Å². The average molecular weight is 629 g/mol. The molecule has 2 aromatic heterocycles. The molecule has 9 rings (SSSR count). The van der Waals surface area contributed by atoms with Crippen LogP contribution in [0.4, 0.5) is 0 Å². The van der Waals surface area contributed by atoms with Crippen molar-refractivity contribution in [2.45, 2.75) is 19.3 Å². The molecule has 0 spiro atoms. The third-order valence-electron chi connectivity index (χ3n) is 9.72. The van der Waals surface area contributed by atoms with Gasteiger partial charge in [0.25, 0.3) is 0 Å². The maximum Gasteiger partial charge on any atom is 0.164 e. The summed E-state index contributed by atoms with van der Waals surface area (Å²) in [6, 6.07) is 54.8. The first-order valence-electron chi connectivity index (χ1n) is 16.7. The lowest BCUT2D eigenvalue weighted by molar-refractivity contribution is 0.661. The standard InChI is InChI=1S/C45H32N4/c1-45(2)36-24-13-12-23-34(36)40-37(45)25-26-38-41(40)35(28-39(46-38)29-15-6-3-7-16-29)32-21-14-22-33(27-32)44-48-42(30-17-8-4-9-18-30)47-43(49-44)31-19-10-5-11-20-31/h3-28H,1-2H3. The zero-order chi connectivity index (χ0) is 33.0. The van der Waals surface area contributed by atoms with Crippen molar-refractivity contribution in [3.05, 3.63) is 169 Å². The summed E-state index contributed by atoms with van der Waals surface area (Å²) in [6.45, 7) is 4.65. The van der Waals surface area contributed by atoms with Crippen molar-refractivity contribution < 1.29 is 0 Å². The number of nitrogens with zero attached hydrogens (tertiary/aromatic N) is 4. The zero-order valence-corrected chi connectivity index (χ0v) is 27.3. The Bertz CT molecular complexity index is 2450. The van der Waals surface area contributed by atoms with Gasteiger partial charge in [0.2, 0.25) is 0 Å². The Morgan fingerprint density at radius 2 is 0.918 bits per heavy atom. The molecule has 4 nitrogen and oxygen atoms in total. The molecular weight excluding hydrogens is 597 g/mol. The normalized spacial score (nSPS) is 12.9. The van der Waals surface area contributed by atoms with Gasteiger partial charge in [0.1, 0.15) is 0 Å². The molecule has 2 heterocycles. The van der Waals surface area contributed by atoms with Crippen molar-refractivity contribution >= 4 is 10.9 Å². The van der Waals surface area contributed by atoms with Gasteiger partial charge in [0.15, 0.2) is 17.5 Å². The van der Waals surface area contributed by atoms with Gasteiger partial charge in [-0.3, -0.25) is 0 Å². The van der Waals surface area contributed by atoms with Crippen molar-refractivity contribution in [3.63, 3.8) is 0 Å². The molecule has 1 aliphatic rings. The van der Waals surface area contributed by atoms with Crippen LogP contribution in [0.5, 0.6) is 0 Å². The Labute approximate surface area is 285 Å². The van der Waals surface area contributed by atoms with Gasteiger partial charge in [-0.15, -0.1) is 0 Å². The summed E-state index contributed by atoms with van der Waals surface area (Å²) in [5.41, 5.74) is 13.1. The zero-order valence-electron chi connectivity index (χ0n) is 27.3. The fourth-order valence-corrected chi connectivity index (χ4v) is 7.27. The summed E-state index contributed by atoms with van der Waals surface area (Å²) in [4.78, 5) is 20.2. The smallest absolute Gasteiger partial charge is 0.164 e. The van der Waals surface area contributed by atoms with E-state index in [2.05, 4.69) is 105 Å². The summed E-state index contributed by atoms with van der Waals surface area (Å²) in [7, 11) is 0. The number of hydrogen-bond acceptors (Lipinski definition) is 4. The van der Waals surface area contributed by atoms with Gasteiger partial charge in [-0.1, -0.05) is 153 Å². The van der Waals surface area contributed by atoms with E-state index in [-0.39, 0.29) is 5.41 Å². The first-order chi connectivity index (χ1) is 24.0. The van der Waals surface area contributed by atoms with Crippen LogP contribution in [0.15, 0.2) is 158 Å². The van der Waals surface area contributed by atoms with E-state index in [0.29, 0.717) is 17.5 Å². The van der Waals surface area contributed by atoms with Gasteiger partial charge in [0, 0.05) is 33.1 Å². The van der Waals surface area contributed by atoms with Crippen LogP contribution < -0.4 is 0 Å². The molecule has 0 N–H and O–H groups in total. The van der Waals surface area contributed by atoms with Crippen molar-refractivity contribution in [2.75, 3.05) is 0 Å². The van der Waals surface area contributed by atoms with Gasteiger partial charge < -0.3 is 0 Å².